The fraction of sp³-hybridized carbons (Fsp3) is 0.222. The molecule has 0 radical (unpaired) electrons. The van der Waals surface area contributed by atoms with Crippen molar-refractivity contribution in [2.45, 2.75) is 17.9 Å². The van der Waals surface area contributed by atoms with Crippen LogP contribution in [0.1, 0.15) is 24.1 Å². The van der Waals surface area contributed by atoms with Crippen LogP contribution >= 0.6 is 0 Å². The fourth-order valence-corrected chi connectivity index (χ4v) is 2.96. The van der Waals surface area contributed by atoms with Crippen molar-refractivity contribution < 1.29 is 17.2 Å². The molecule has 0 saturated carbocycles. The smallest absolute Gasteiger partial charge is 0.175 e. The van der Waals surface area contributed by atoms with Crippen molar-refractivity contribution in [2.24, 2.45) is 0 Å². The van der Waals surface area contributed by atoms with Crippen LogP contribution in [-0.2, 0) is 9.84 Å². The molecular weight excluding hydrogens is 332 g/mol. The molecule has 3 nitrogen and oxygen atoms in total. The Morgan fingerprint density at radius 3 is 2.42 bits per heavy atom. The Hall–Kier alpha value is -2.23. The van der Waals surface area contributed by atoms with Gasteiger partial charge in [-0.2, -0.15) is 0 Å². The summed E-state index contributed by atoms with van der Waals surface area (Å²) in [5, 5.41) is 3.12. The molecule has 2 aromatic rings. The lowest BCUT2D eigenvalue weighted by Gasteiger charge is -2.19. The van der Waals surface area contributed by atoms with Crippen LogP contribution in [0.3, 0.4) is 0 Å². The van der Waals surface area contributed by atoms with E-state index in [1.54, 1.807) is 19.1 Å². The van der Waals surface area contributed by atoms with E-state index in [1.807, 2.05) is 0 Å². The first-order valence-electron chi connectivity index (χ1n) is 7.21. The molecule has 1 N–H and O–H groups in total. The van der Waals surface area contributed by atoms with E-state index >= 15 is 0 Å². The van der Waals surface area contributed by atoms with Crippen LogP contribution in [0.4, 0.5) is 8.78 Å². The molecule has 2 rings (SSSR count). The van der Waals surface area contributed by atoms with E-state index in [9.17, 15) is 17.2 Å². The lowest BCUT2D eigenvalue weighted by Crippen LogP contribution is -2.23. The Kier molecular flexibility index (Phi) is 5.71. The maximum absolute atomic E-state index is 13.6. The third-order valence-corrected chi connectivity index (χ3v) is 4.58. The summed E-state index contributed by atoms with van der Waals surface area (Å²) < 4.78 is 50.3. The molecule has 2 aromatic carbocycles. The molecule has 126 valence electrons. The molecule has 1 unspecified atom stereocenters. The van der Waals surface area contributed by atoms with Crippen molar-refractivity contribution in [2.75, 3.05) is 12.8 Å². The van der Waals surface area contributed by atoms with Crippen LogP contribution < -0.4 is 5.32 Å². The molecule has 0 aliphatic carbocycles. The summed E-state index contributed by atoms with van der Waals surface area (Å²) in [6, 6.07) is 9.45. The van der Waals surface area contributed by atoms with Gasteiger partial charge in [0.25, 0.3) is 0 Å². The van der Waals surface area contributed by atoms with E-state index in [0.717, 1.165) is 18.4 Å². The number of rotatable bonds is 5. The minimum Gasteiger partial charge on any atom is -0.295 e. The van der Waals surface area contributed by atoms with Gasteiger partial charge in [0.2, 0.25) is 0 Å². The summed E-state index contributed by atoms with van der Waals surface area (Å²) >= 11 is 0. The van der Waals surface area contributed by atoms with Gasteiger partial charge in [-0.15, -0.1) is 5.92 Å². The first-order valence-corrected chi connectivity index (χ1v) is 9.10. The molecule has 1 atom stereocenters. The van der Waals surface area contributed by atoms with Gasteiger partial charge in [0, 0.05) is 6.26 Å². The van der Waals surface area contributed by atoms with Gasteiger partial charge in [-0.25, -0.2) is 17.2 Å². The van der Waals surface area contributed by atoms with Gasteiger partial charge in [0.1, 0.15) is 0 Å². The van der Waals surface area contributed by atoms with Crippen molar-refractivity contribution in [1.29, 1.82) is 0 Å². The molecule has 0 aromatic heterocycles. The third kappa shape index (κ3) is 4.40. The van der Waals surface area contributed by atoms with E-state index in [0.29, 0.717) is 17.7 Å². The third-order valence-electron chi connectivity index (χ3n) is 3.47. The summed E-state index contributed by atoms with van der Waals surface area (Å²) in [7, 11) is -3.37. The van der Waals surface area contributed by atoms with Crippen molar-refractivity contribution in [3.63, 3.8) is 0 Å². The predicted molar refractivity (Wildman–Crippen MR) is 89.2 cm³/mol. The quantitative estimate of drug-likeness (QED) is 0.844. The van der Waals surface area contributed by atoms with Gasteiger partial charge in [-0.3, -0.25) is 5.32 Å². The molecule has 0 bridgehead atoms. The summed E-state index contributed by atoms with van der Waals surface area (Å²) in [6.07, 6.45) is 1.12. The molecule has 6 heteroatoms. The summed E-state index contributed by atoms with van der Waals surface area (Å²) in [6.45, 7) is 2.02. The minimum absolute atomic E-state index is 0.163. The molecule has 0 amide bonds. The second kappa shape index (κ2) is 7.56. The maximum atomic E-state index is 13.6. The van der Waals surface area contributed by atoms with Crippen molar-refractivity contribution in [1.82, 2.24) is 5.32 Å². The highest BCUT2D eigenvalue weighted by atomic mass is 32.2. The number of hydrogen-bond donors (Lipinski definition) is 1. The molecular formula is C18H17F2NO2S. The summed E-state index contributed by atoms with van der Waals surface area (Å²) in [5.74, 6) is 3.69. The Bertz CT molecular complexity index is 899. The zero-order valence-corrected chi connectivity index (χ0v) is 14.1. The monoisotopic (exact) mass is 349 g/mol. The standard InChI is InChI=1S/C18H17F2NO2S/c1-3-4-10-21-18(14-8-9-16(19)17(20)12-14)13-6-5-7-15(11-13)24(2,22)23/h5-9,11-12,18,21H,10H2,1-2H3. The molecule has 0 heterocycles. The summed E-state index contributed by atoms with van der Waals surface area (Å²) in [5.41, 5.74) is 1.11. The highest BCUT2D eigenvalue weighted by Crippen LogP contribution is 2.25. The highest BCUT2D eigenvalue weighted by molar-refractivity contribution is 7.90. The van der Waals surface area contributed by atoms with E-state index in [2.05, 4.69) is 17.2 Å². The zero-order valence-electron chi connectivity index (χ0n) is 13.3. The van der Waals surface area contributed by atoms with Gasteiger partial charge < -0.3 is 0 Å². The Balaban J connectivity index is 2.49. The van der Waals surface area contributed by atoms with E-state index in [4.69, 9.17) is 0 Å². The number of nitrogens with one attached hydrogen (secondary N) is 1. The number of benzene rings is 2. The molecule has 0 fully saturated rings. The normalized spacial score (nSPS) is 12.3. The lowest BCUT2D eigenvalue weighted by atomic mass is 9.98. The van der Waals surface area contributed by atoms with Gasteiger partial charge >= 0.3 is 0 Å². The Labute approximate surface area is 140 Å². The molecule has 24 heavy (non-hydrogen) atoms. The lowest BCUT2D eigenvalue weighted by molar-refractivity contribution is 0.504. The average Bonchev–Trinajstić information content (AvgIpc) is 2.54. The topological polar surface area (TPSA) is 46.2 Å². The molecule has 0 spiro atoms. The van der Waals surface area contributed by atoms with Crippen LogP contribution in [0.5, 0.6) is 0 Å². The molecule has 0 saturated heterocycles. The van der Waals surface area contributed by atoms with Crippen LogP contribution in [-0.4, -0.2) is 21.2 Å². The molecule has 0 aliphatic rings. The zero-order chi connectivity index (χ0) is 17.7. The van der Waals surface area contributed by atoms with Crippen LogP contribution in [0.25, 0.3) is 0 Å². The van der Waals surface area contributed by atoms with Crippen molar-refractivity contribution in [3.8, 4) is 11.8 Å². The highest BCUT2D eigenvalue weighted by Gasteiger charge is 2.17. The van der Waals surface area contributed by atoms with Crippen molar-refractivity contribution >= 4 is 9.84 Å². The minimum atomic E-state index is -3.37. The van der Waals surface area contributed by atoms with Gasteiger partial charge in [0.05, 0.1) is 17.5 Å². The summed E-state index contributed by atoms with van der Waals surface area (Å²) in [4.78, 5) is 0.163. The van der Waals surface area contributed by atoms with Crippen LogP contribution in [0, 0.1) is 23.5 Å². The fourth-order valence-electron chi connectivity index (χ4n) is 2.29. The first-order chi connectivity index (χ1) is 11.3. The number of hydrogen-bond acceptors (Lipinski definition) is 3. The van der Waals surface area contributed by atoms with E-state index in [1.165, 1.54) is 18.2 Å². The first kappa shape index (κ1) is 18.1. The van der Waals surface area contributed by atoms with Gasteiger partial charge in [-0.1, -0.05) is 24.1 Å². The molecule has 0 aliphatic heterocycles. The van der Waals surface area contributed by atoms with E-state index < -0.39 is 27.5 Å². The maximum Gasteiger partial charge on any atom is 0.175 e. The van der Waals surface area contributed by atoms with Crippen molar-refractivity contribution in [3.05, 3.63) is 65.2 Å². The average molecular weight is 349 g/mol. The Morgan fingerprint density at radius 1 is 1.08 bits per heavy atom. The SMILES string of the molecule is CC#CCNC(c1cccc(S(C)(=O)=O)c1)c1ccc(F)c(F)c1. The Morgan fingerprint density at radius 2 is 1.79 bits per heavy atom. The van der Waals surface area contributed by atoms with Crippen LogP contribution in [0.2, 0.25) is 0 Å². The van der Waals surface area contributed by atoms with Crippen LogP contribution in [0.15, 0.2) is 47.4 Å². The predicted octanol–water partition coefficient (Wildman–Crippen LogP) is 3.07. The number of halogens is 2. The second-order valence-corrected chi connectivity index (χ2v) is 7.27. The second-order valence-electron chi connectivity index (χ2n) is 5.26. The van der Waals surface area contributed by atoms with E-state index in [-0.39, 0.29) is 4.90 Å². The van der Waals surface area contributed by atoms with Gasteiger partial charge in [-0.05, 0) is 42.3 Å². The number of sulfone groups is 1. The van der Waals surface area contributed by atoms with Gasteiger partial charge in [0.15, 0.2) is 21.5 Å². The largest absolute Gasteiger partial charge is 0.295 e.